The predicted octanol–water partition coefficient (Wildman–Crippen LogP) is 2.35. The summed E-state index contributed by atoms with van der Waals surface area (Å²) in [4.78, 5) is 24.7. The van der Waals surface area contributed by atoms with Gasteiger partial charge in [-0.05, 0) is 61.0 Å². The Balaban J connectivity index is 1.28. The standard InChI is InChI=1S/C23H22N2O8S/c1-15(22(26)24-12-16-4-9-20-21(11-16)32-14-31-20)33-23(27)17-5-7-19(8-6-17)34(28,29)25-13-18-3-2-10-30-18/h2-11,15,25H,12-14H2,1H3,(H,24,26). The number of sulfonamides is 1. The van der Waals surface area contributed by atoms with E-state index < -0.39 is 28.0 Å². The first-order valence-corrected chi connectivity index (χ1v) is 11.8. The number of fused-ring (bicyclic) bond motifs is 1. The van der Waals surface area contributed by atoms with E-state index in [0.717, 1.165) is 5.56 Å². The second kappa shape index (κ2) is 9.98. The summed E-state index contributed by atoms with van der Waals surface area (Å²) in [6.07, 6.45) is 0.391. The molecule has 2 heterocycles. The predicted molar refractivity (Wildman–Crippen MR) is 118 cm³/mol. The minimum absolute atomic E-state index is 0.00197. The van der Waals surface area contributed by atoms with Crippen LogP contribution in [0.15, 0.2) is 70.2 Å². The Morgan fingerprint density at radius 2 is 1.79 bits per heavy atom. The maximum absolute atomic E-state index is 12.4. The van der Waals surface area contributed by atoms with E-state index in [1.807, 2.05) is 0 Å². The van der Waals surface area contributed by atoms with Crippen LogP contribution in [0.2, 0.25) is 0 Å². The van der Waals surface area contributed by atoms with Crippen LogP contribution in [0.4, 0.5) is 0 Å². The molecule has 1 atom stereocenters. The van der Waals surface area contributed by atoms with Gasteiger partial charge in [-0.3, -0.25) is 4.79 Å². The van der Waals surface area contributed by atoms with Crippen molar-refractivity contribution in [2.24, 2.45) is 0 Å². The second-order valence-electron chi connectivity index (χ2n) is 7.38. The van der Waals surface area contributed by atoms with Gasteiger partial charge >= 0.3 is 5.97 Å². The number of benzene rings is 2. The normalized spacial score (nSPS) is 13.3. The number of nitrogens with one attached hydrogen (secondary N) is 2. The fourth-order valence-corrected chi connectivity index (χ4v) is 4.09. The molecule has 3 aromatic rings. The molecule has 0 aliphatic carbocycles. The first kappa shape index (κ1) is 23.3. The molecule has 1 unspecified atom stereocenters. The highest BCUT2D eigenvalue weighted by molar-refractivity contribution is 7.89. The second-order valence-corrected chi connectivity index (χ2v) is 9.15. The number of amides is 1. The van der Waals surface area contributed by atoms with E-state index in [9.17, 15) is 18.0 Å². The molecule has 1 amide bonds. The van der Waals surface area contributed by atoms with Crippen LogP contribution in [0.25, 0.3) is 0 Å². The molecule has 2 aromatic carbocycles. The van der Waals surface area contributed by atoms with E-state index in [0.29, 0.717) is 17.3 Å². The molecule has 0 spiro atoms. The van der Waals surface area contributed by atoms with Crippen LogP contribution in [0, 0.1) is 0 Å². The lowest BCUT2D eigenvalue weighted by Crippen LogP contribution is -2.35. The average molecular weight is 487 g/mol. The zero-order valence-corrected chi connectivity index (χ0v) is 19.0. The SMILES string of the molecule is CC(OC(=O)c1ccc(S(=O)(=O)NCc2ccco2)cc1)C(=O)NCc1ccc2c(c1)OCO2. The summed E-state index contributed by atoms with van der Waals surface area (Å²) in [6, 6.07) is 13.8. The van der Waals surface area contributed by atoms with Crippen molar-refractivity contribution in [3.63, 3.8) is 0 Å². The van der Waals surface area contributed by atoms with Crippen molar-refractivity contribution < 1.29 is 36.6 Å². The van der Waals surface area contributed by atoms with Gasteiger partial charge in [-0.1, -0.05) is 6.07 Å². The fraction of sp³-hybridized carbons (Fsp3) is 0.217. The van der Waals surface area contributed by atoms with Gasteiger partial charge in [0, 0.05) is 6.54 Å². The van der Waals surface area contributed by atoms with Gasteiger partial charge in [0.2, 0.25) is 16.8 Å². The molecule has 0 saturated carbocycles. The number of esters is 1. The Hall–Kier alpha value is -3.83. The van der Waals surface area contributed by atoms with Crippen molar-refractivity contribution in [1.82, 2.24) is 10.0 Å². The Labute approximate surface area is 195 Å². The van der Waals surface area contributed by atoms with Gasteiger partial charge in [0.05, 0.1) is 23.3 Å². The van der Waals surface area contributed by atoms with Crippen LogP contribution in [0.5, 0.6) is 11.5 Å². The number of hydrogen-bond acceptors (Lipinski definition) is 8. The molecular weight excluding hydrogens is 464 g/mol. The molecule has 0 saturated heterocycles. The Bertz CT molecular complexity index is 1270. The summed E-state index contributed by atoms with van der Waals surface area (Å²) < 4.78 is 48.1. The van der Waals surface area contributed by atoms with Crippen LogP contribution in [-0.2, 0) is 32.6 Å². The minimum Gasteiger partial charge on any atom is -0.468 e. The van der Waals surface area contributed by atoms with E-state index >= 15 is 0 Å². The van der Waals surface area contributed by atoms with Crippen molar-refractivity contribution in [3.05, 3.63) is 77.7 Å². The molecule has 2 N–H and O–H groups in total. The van der Waals surface area contributed by atoms with Gasteiger partial charge in [-0.15, -0.1) is 0 Å². The van der Waals surface area contributed by atoms with Crippen molar-refractivity contribution in [1.29, 1.82) is 0 Å². The van der Waals surface area contributed by atoms with Crippen LogP contribution < -0.4 is 19.5 Å². The van der Waals surface area contributed by atoms with Gasteiger partial charge in [0.25, 0.3) is 5.91 Å². The number of furan rings is 1. The molecule has 1 aliphatic heterocycles. The van der Waals surface area contributed by atoms with Crippen LogP contribution in [0.1, 0.15) is 28.6 Å². The number of ether oxygens (including phenoxy) is 3. The van der Waals surface area contributed by atoms with Gasteiger partial charge < -0.3 is 23.9 Å². The maximum Gasteiger partial charge on any atom is 0.338 e. The number of carbonyl (C=O) groups excluding carboxylic acids is 2. The number of rotatable bonds is 9. The Morgan fingerprint density at radius 1 is 1.03 bits per heavy atom. The molecule has 11 heteroatoms. The first-order valence-electron chi connectivity index (χ1n) is 10.3. The van der Waals surface area contributed by atoms with Crippen LogP contribution in [0.3, 0.4) is 0 Å². The highest BCUT2D eigenvalue weighted by Gasteiger charge is 2.21. The van der Waals surface area contributed by atoms with E-state index in [2.05, 4.69) is 10.0 Å². The largest absolute Gasteiger partial charge is 0.468 e. The third-order valence-corrected chi connectivity index (χ3v) is 6.39. The Morgan fingerprint density at radius 3 is 2.53 bits per heavy atom. The zero-order valence-electron chi connectivity index (χ0n) is 18.1. The van der Waals surface area contributed by atoms with E-state index in [1.165, 1.54) is 37.5 Å². The summed E-state index contributed by atoms with van der Waals surface area (Å²) in [5, 5.41) is 2.69. The summed E-state index contributed by atoms with van der Waals surface area (Å²) in [6.45, 7) is 1.82. The molecule has 178 valence electrons. The van der Waals surface area contributed by atoms with E-state index in [-0.39, 0.29) is 30.3 Å². The van der Waals surface area contributed by atoms with Crippen molar-refractivity contribution in [2.45, 2.75) is 31.0 Å². The lowest BCUT2D eigenvalue weighted by Gasteiger charge is -2.14. The number of hydrogen-bond donors (Lipinski definition) is 2. The minimum atomic E-state index is -3.80. The number of carbonyl (C=O) groups is 2. The maximum atomic E-state index is 12.4. The van der Waals surface area contributed by atoms with Crippen molar-refractivity contribution in [3.8, 4) is 11.5 Å². The van der Waals surface area contributed by atoms with Crippen LogP contribution in [-0.4, -0.2) is 33.2 Å². The molecule has 0 fully saturated rings. The van der Waals surface area contributed by atoms with Gasteiger partial charge in [0.1, 0.15) is 5.76 Å². The molecule has 0 radical (unpaired) electrons. The van der Waals surface area contributed by atoms with E-state index in [4.69, 9.17) is 18.6 Å². The molecule has 1 aromatic heterocycles. The molecule has 34 heavy (non-hydrogen) atoms. The molecule has 0 bridgehead atoms. The molecule has 10 nitrogen and oxygen atoms in total. The first-order chi connectivity index (χ1) is 16.3. The van der Waals surface area contributed by atoms with E-state index in [1.54, 1.807) is 30.3 Å². The fourth-order valence-electron chi connectivity index (χ4n) is 3.10. The zero-order chi connectivity index (χ0) is 24.1. The van der Waals surface area contributed by atoms with Gasteiger partial charge in [0.15, 0.2) is 17.6 Å². The van der Waals surface area contributed by atoms with Gasteiger partial charge in [-0.2, -0.15) is 0 Å². The van der Waals surface area contributed by atoms with Gasteiger partial charge in [-0.25, -0.2) is 17.9 Å². The third kappa shape index (κ3) is 5.56. The summed E-state index contributed by atoms with van der Waals surface area (Å²) >= 11 is 0. The van der Waals surface area contributed by atoms with Crippen molar-refractivity contribution in [2.75, 3.05) is 6.79 Å². The quantitative estimate of drug-likeness (QED) is 0.441. The summed E-state index contributed by atoms with van der Waals surface area (Å²) in [5.74, 6) is 0.484. The monoisotopic (exact) mass is 486 g/mol. The molecular formula is C23H22N2O8S. The summed E-state index contributed by atoms with van der Waals surface area (Å²) in [5.41, 5.74) is 0.911. The lowest BCUT2D eigenvalue weighted by molar-refractivity contribution is -0.129. The molecule has 1 aliphatic rings. The third-order valence-electron chi connectivity index (χ3n) is 4.97. The molecule has 4 rings (SSSR count). The van der Waals surface area contributed by atoms with Crippen molar-refractivity contribution >= 4 is 21.9 Å². The topological polar surface area (TPSA) is 133 Å². The highest BCUT2D eigenvalue weighted by Crippen LogP contribution is 2.32. The lowest BCUT2D eigenvalue weighted by atomic mass is 10.2. The Kier molecular flexibility index (Phi) is 6.85. The summed E-state index contributed by atoms with van der Waals surface area (Å²) in [7, 11) is -3.80. The highest BCUT2D eigenvalue weighted by atomic mass is 32.2. The average Bonchev–Trinajstić information content (AvgIpc) is 3.53. The van der Waals surface area contributed by atoms with Crippen LogP contribution >= 0.6 is 0 Å². The smallest absolute Gasteiger partial charge is 0.338 e.